The fourth-order valence-electron chi connectivity index (χ4n) is 2.00. The second-order valence-corrected chi connectivity index (χ2v) is 4.90. The van der Waals surface area contributed by atoms with Gasteiger partial charge in [0.1, 0.15) is 0 Å². The molecule has 0 atom stereocenters. The Morgan fingerprint density at radius 3 is 2.40 bits per heavy atom. The molecule has 1 aromatic rings. The first-order valence-electron chi connectivity index (χ1n) is 7.17. The van der Waals surface area contributed by atoms with Gasteiger partial charge >= 0.3 is 5.97 Å². The highest BCUT2D eigenvalue weighted by Gasteiger charge is 2.13. The summed E-state index contributed by atoms with van der Waals surface area (Å²) in [6.07, 6.45) is 3.01. The smallest absolute Gasteiger partial charge is 0.303 e. The van der Waals surface area contributed by atoms with E-state index in [0.29, 0.717) is 25.9 Å². The predicted molar refractivity (Wildman–Crippen MR) is 78.3 cm³/mol. The summed E-state index contributed by atoms with van der Waals surface area (Å²) >= 11 is 0. The highest BCUT2D eigenvalue weighted by molar-refractivity contribution is 5.76. The van der Waals surface area contributed by atoms with E-state index in [4.69, 9.17) is 5.11 Å². The van der Waals surface area contributed by atoms with E-state index in [-0.39, 0.29) is 12.3 Å². The van der Waals surface area contributed by atoms with Crippen LogP contribution >= 0.6 is 0 Å². The van der Waals surface area contributed by atoms with Crippen LogP contribution in [0.25, 0.3) is 0 Å². The molecule has 1 aromatic carbocycles. The molecule has 0 spiro atoms. The average molecular weight is 277 g/mol. The zero-order valence-corrected chi connectivity index (χ0v) is 12.0. The van der Waals surface area contributed by atoms with Crippen molar-refractivity contribution in [3.8, 4) is 0 Å². The molecule has 0 aliphatic heterocycles. The minimum atomic E-state index is -0.814. The van der Waals surface area contributed by atoms with Crippen LogP contribution in [0.5, 0.6) is 0 Å². The molecule has 0 unspecified atom stereocenters. The Labute approximate surface area is 120 Å². The van der Waals surface area contributed by atoms with Gasteiger partial charge in [-0.05, 0) is 18.4 Å². The van der Waals surface area contributed by atoms with E-state index in [9.17, 15) is 9.59 Å². The topological polar surface area (TPSA) is 57.6 Å². The fraction of sp³-hybridized carbons (Fsp3) is 0.500. The number of carbonyl (C=O) groups is 2. The van der Waals surface area contributed by atoms with Gasteiger partial charge in [-0.2, -0.15) is 0 Å². The van der Waals surface area contributed by atoms with Crippen molar-refractivity contribution < 1.29 is 14.7 Å². The van der Waals surface area contributed by atoms with Gasteiger partial charge in [-0.25, -0.2) is 0 Å². The number of rotatable bonds is 9. The normalized spacial score (nSPS) is 10.2. The molecule has 1 rings (SSSR count). The van der Waals surface area contributed by atoms with Crippen LogP contribution in [-0.4, -0.2) is 28.4 Å². The largest absolute Gasteiger partial charge is 0.481 e. The van der Waals surface area contributed by atoms with Gasteiger partial charge in [-0.15, -0.1) is 0 Å². The zero-order valence-electron chi connectivity index (χ0n) is 12.0. The van der Waals surface area contributed by atoms with Gasteiger partial charge in [-0.3, -0.25) is 9.59 Å². The summed E-state index contributed by atoms with van der Waals surface area (Å²) in [5.41, 5.74) is 1.08. The number of nitrogens with zero attached hydrogens (tertiary/aromatic N) is 1. The van der Waals surface area contributed by atoms with Crippen LogP contribution in [0.2, 0.25) is 0 Å². The summed E-state index contributed by atoms with van der Waals surface area (Å²) in [7, 11) is 0. The molecule has 0 aliphatic carbocycles. The highest BCUT2D eigenvalue weighted by Crippen LogP contribution is 2.09. The Bertz CT molecular complexity index is 417. The fourth-order valence-corrected chi connectivity index (χ4v) is 2.00. The van der Waals surface area contributed by atoms with Crippen molar-refractivity contribution in [2.45, 2.75) is 45.6 Å². The SMILES string of the molecule is CCCCC(=O)N(CCCC(=O)O)Cc1ccccc1. The first kappa shape index (κ1) is 16.2. The molecule has 0 fully saturated rings. The van der Waals surface area contributed by atoms with Gasteiger partial charge in [0.05, 0.1) is 0 Å². The zero-order chi connectivity index (χ0) is 14.8. The van der Waals surface area contributed by atoms with Crippen LogP contribution in [0, 0.1) is 0 Å². The predicted octanol–water partition coefficient (Wildman–Crippen LogP) is 3.07. The van der Waals surface area contributed by atoms with E-state index in [1.54, 1.807) is 4.90 Å². The number of carboxylic acid groups (broad SMARTS) is 1. The van der Waals surface area contributed by atoms with E-state index in [0.717, 1.165) is 18.4 Å². The maximum atomic E-state index is 12.2. The molecule has 4 nitrogen and oxygen atoms in total. The molecular weight excluding hydrogens is 254 g/mol. The highest BCUT2D eigenvalue weighted by atomic mass is 16.4. The summed E-state index contributed by atoms with van der Waals surface area (Å²) in [6, 6.07) is 9.80. The summed E-state index contributed by atoms with van der Waals surface area (Å²) in [6.45, 7) is 3.12. The number of unbranched alkanes of at least 4 members (excludes halogenated alkanes) is 1. The first-order chi connectivity index (χ1) is 9.63. The Hall–Kier alpha value is -1.84. The number of hydrogen-bond donors (Lipinski definition) is 1. The van der Waals surface area contributed by atoms with Crippen LogP contribution in [0.15, 0.2) is 30.3 Å². The van der Waals surface area contributed by atoms with Crippen molar-refractivity contribution in [2.24, 2.45) is 0 Å². The lowest BCUT2D eigenvalue weighted by Crippen LogP contribution is -2.31. The van der Waals surface area contributed by atoms with Gasteiger partial charge in [0.15, 0.2) is 0 Å². The number of aliphatic carboxylic acids is 1. The van der Waals surface area contributed by atoms with E-state index in [1.165, 1.54) is 0 Å². The number of amides is 1. The van der Waals surface area contributed by atoms with E-state index < -0.39 is 5.97 Å². The van der Waals surface area contributed by atoms with Crippen molar-refractivity contribution in [3.05, 3.63) is 35.9 Å². The van der Waals surface area contributed by atoms with Crippen LogP contribution < -0.4 is 0 Å². The van der Waals surface area contributed by atoms with Crippen LogP contribution in [0.3, 0.4) is 0 Å². The number of carboxylic acids is 1. The summed E-state index contributed by atoms with van der Waals surface area (Å²) in [4.78, 5) is 24.5. The first-order valence-corrected chi connectivity index (χ1v) is 7.17. The molecular formula is C16H23NO3. The Kier molecular flexibility index (Phi) is 7.40. The van der Waals surface area contributed by atoms with E-state index >= 15 is 0 Å². The monoisotopic (exact) mass is 277 g/mol. The van der Waals surface area contributed by atoms with Crippen molar-refractivity contribution in [1.82, 2.24) is 4.90 Å². The lowest BCUT2D eigenvalue weighted by atomic mass is 10.1. The summed E-state index contributed by atoms with van der Waals surface area (Å²) in [5.74, 6) is -0.702. The third kappa shape index (κ3) is 6.36. The molecule has 0 radical (unpaired) electrons. The third-order valence-electron chi connectivity index (χ3n) is 3.13. The molecule has 4 heteroatoms. The van der Waals surface area contributed by atoms with Crippen LogP contribution in [-0.2, 0) is 16.1 Å². The molecule has 0 aromatic heterocycles. The molecule has 1 N–H and O–H groups in total. The Morgan fingerprint density at radius 1 is 1.10 bits per heavy atom. The van der Waals surface area contributed by atoms with Crippen molar-refractivity contribution in [2.75, 3.05) is 6.54 Å². The molecule has 110 valence electrons. The van der Waals surface area contributed by atoms with Gasteiger partial charge in [0.25, 0.3) is 0 Å². The number of carbonyl (C=O) groups excluding carboxylic acids is 1. The molecule has 20 heavy (non-hydrogen) atoms. The Balaban J connectivity index is 2.58. The summed E-state index contributed by atoms with van der Waals surface area (Å²) in [5, 5.41) is 8.69. The maximum Gasteiger partial charge on any atom is 0.303 e. The van der Waals surface area contributed by atoms with Crippen molar-refractivity contribution >= 4 is 11.9 Å². The number of hydrogen-bond acceptors (Lipinski definition) is 2. The molecule has 0 bridgehead atoms. The standard InChI is InChI=1S/C16H23NO3/c1-2-3-10-15(18)17(12-7-11-16(19)20)13-14-8-5-4-6-9-14/h4-6,8-9H,2-3,7,10-13H2,1H3,(H,19,20). The molecule has 0 saturated heterocycles. The van der Waals surface area contributed by atoms with E-state index in [1.807, 2.05) is 30.3 Å². The van der Waals surface area contributed by atoms with Gasteiger partial charge in [0.2, 0.25) is 5.91 Å². The van der Waals surface area contributed by atoms with Gasteiger partial charge < -0.3 is 10.0 Å². The van der Waals surface area contributed by atoms with E-state index in [2.05, 4.69) is 6.92 Å². The minimum absolute atomic E-state index is 0.104. The molecule has 0 heterocycles. The number of benzene rings is 1. The third-order valence-corrected chi connectivity index (χ3v) is 3.13. The maximum absolute atomic E-state index is 12.2. The minimum Gasteiger partial charge on any atom is -0.481 e. The molecule has 0 aliphatic rings. The second kappa shape index (κ2) is 9.13. The Morgan fingerprint density at radius 2 is 1.80 bits per heavy atom. The van der Waals surface area contributed by atoms with Gasteiger partial charge in [-0.1, -0.05) is 43.7 Å². The average Bonchev–Trinajstić information content (AvgIpc) is 2.44. The lowest BCUT2D eigenvalue weighted by Gasteiger charge is -2.22. The van der Waals surface area contributed by atoms with Crippen molar-refractivity contribution in [3.63, 3.8) is 0 Å². The van der Waals surface area contributed by atoms with Crippen molar-refractivity contribution in [1.29, 1.82) is 0 Å². The second-order valence-electron chi connectivity index (χ2n) is 4.90. The molecule has 1 amide bonds. The lowest BCUT2D eigenvalue weighted by molar-refractivity contribution is -0.138. The summed E-state index contributed by atoms with van der Waals surface area (Å²) < 4.78 is 0. The van der Waals surface area contributed by atoms with Crippen LogP contribution in [0.1, 0.15) is 44.6 Å². The quantitative estimate of drug-likeness (QED) is 0.754. The van der Waals surface area contributed by atoms with Crippen LogP contribution in [0.4, 0.5) is 0 Å². The molecule has 0 saturated carbocycles. The van der Waals surface area contributed by atoms with Gasteiger partial charge in [0, 0.05) is 25.9 Å².